The Labute approximate surface area is 119 Å². The fourth-order valence-electron chi connectivity index (χ4n) is 2.17. The molecule has 0 spiro atoms. The zero-order valence-corrected chi connectivity index (χ0v) is 12.9. The Hall–Kier alpha value is -0.280. The molecular formula is C15H25BrO2. The maximum atomic E-state index is 9.97. The van der Waals surface area contributed by atoms with E-state index in [1.165, 1.54) is 44.9 Å². The lowest BCUT2D eigenvalue weighted by Crippen LogP contribution is -1.96. The smallest absolute Gasteiger partial charge is 0.174 e. The molecule has 0 aliphatic heterocycles. The van der Waals surface area contributed by atoms with E-state index in [0.717, 1.165) is 18.4 Å². The standard InChI is InChI=1S/C15H25BrO2/c1-2-3-4-5-6-7-8-9-10-14(17)13-11-12-18-15(13)16/h11-12,14,17H,2-10H2,1H3. The minimum atomic E-state index is -0.391. The molecule has 0 aliphatic carbocycles. The van der Waals surface area contributed by atoms with Gasteiger partial charge in [-0.3, -0.25) is 0 Å². The predicted molar refractivity (Wildman–Crippen MR) is 78.6 cm³/mol. The van der Waals surface area contributed by atoms with Gasteiger partial charge in [0.1, 0.15) is 0 Å². The fourth-order valence-corrected chi connectivity index (χ4v) is 2.67. The van der Waals surface area contributed by atoms with Crippen LogP contribution < -0.4 is 0 Å². The van der Waals surface area contributed by atoms with E-state index in [1.54, 1.807) is 6.26 Å². The van der Waals surface area contributed by atoms with Crippen molar-refractivity contribution in [2.75, 3.05) is 0 Å². The SMILES string of the molecule is CCCCCCCCCCC(O)c1ccoc1Br. The first-order valence-corrected chi connectivity index (χ1v) is 7.96. The van der Waals surface area contributed by atoms with Crippen LogP contribution >= 0.6 is 15.9 Å². The zero-order valence-electron chi connectivity index (χ0n) is 11.3. The van der Waals surface area contributed by atoms with Gasteiger partial charge in [-0.05, 0) is 28.4 Å². The molecule has 3 heteroatoms. The van der Waals surface area contributed by atoms with Crippen LogP contribution in [-0.2, 0) is 0 Å². The van der Waals surface area contributed by atoms with Gasteiger partial charge in [0.2, 0.25) is 0 Å². The van der Waals surface area contributed by atoms with Gasteiger partial charge in [-0.2, -0.15) is 0 Å². The maximum Gasteiger partial charge on any atom is 0.174 e. The van der Waals surface area contributed by atoms with Gasteiger partial charge in [0.15, 0.2) is 4.67 Å². The van der Waals surface area contributed by atoms with Crippen molar-refractivity contribution in [3.05, 3.63) is 22.6 Å². The third-order valence-corrected chi connectivity index (χ3v) is 3.98. The van der Waals surface area contributed by atoms with Gasteiger partial charge in [-0.1, -0.05) is 58.3 Å². The average molecular weight is 317 g/mol. The van der Waals surface area contributed by atoms with Gasteiger partial charge in [0.25, 0.3) is 0 Å². The number of furan rings is 1. The van der Waals surface area contributed by atoms with E-state index in [9.17, 15) is 5.11 Å². The first kappa shape index (κ1) is 15.8. The molecule has 0 bridgehead atoms. The molecule has 1 unspecified atom stereocenters. The lowest BCUT2D eigenvalue weighted by molar-refractivity contribution is 0.161. The molecule has 1 aromatic rings. The molecule has 0 saturated heterocycles. The molecule has 18 heavy (non-hydrogen) atoms. The Morgan fingerprint density at radius 2 is 1.72 bits per heavy atom. The number of hydrogen-bond donors (Lipinski definition) is 1. The van der Waals surface area contributed by atoms with Crippen LogP contribution in [0.3, 0.4) is 0 Å². The van der Waals surface area contributed by atoms with E-state index in [1.807, 2.05) is 6.07 Å². The first-order chi connectivity index (χ1) is 8.75. The highest BCUT2D eigenvalue weighted by Crippen LogP contribution is 2.28. The van der Waals surface area contributed by atoms with Crippen molar-refractivity contribution < 1.29 is 9.52 Å². The third-order valence-electron chi connectivity index (χ3n) is 3.34. The molecule has 1 N–H and O–H groups in total. The highest BCUT2D eigenvalue weighted by atomic mass is 79.9. The van der Waals surface area contributed by atoms with Crippen molar-refractivity contribution in [3.8, 4) is 0 Å². The Bertz CT molecular complexity index is 309. The summed E-state index contributed by atoms with van der Waals surface area (Å²) in [7, 11) is 0. The van der Waals surface area contributed by atoms with Crippen molar-refractivity contribution in [3.63, 3.8) is 0 Å². The van der Waals surface area contributed by atoms with Gasteiger partial charge in [0.05, 0.1) is 12.4 Å². The molecule has 1 atom stereocenters. The van der Waals surface area contributed by atoms with Gasteiger partial charge in [-0.25, -0.2) is 0 Å². The summed E-state index contributed by atoms with van der Waals surface area (Å²) in [5, 5.41) is 9.97. The van der Waals surface area contributed by atoms with Gasteiger partial charge in [0, 0.05) is 5.56 Å². The van der Waals surface area contributed by atoms with Gasteiger partial charge >= 0.3 is 0 Å². The minimum Gasteiger partial charge on any atom is -0.457 e. The second-order valence-corrected chi connectivity index (χ2v) is 5.65. The van der Waals surface area contributed by atoms with Crippen LogP contribution in [0.5, 0.6) is 0 Å². The largest absolute Gasteiger partial charge is 0.457 e. The summed E-state index contributed by atoms with van der Waals surface area (Å²) >= 11 is 3.30. The van der Waals surface area contributed by atoms with Crippen LogP contribution in [0, 0.1) is 0 Å². The molecule has 0 radical (unpaired) electrons. The van der Waals surface area contributed by atoms with Crippen molar-refractivity contribution in [1.29, 1.82) is 0 Å². The van der Waals surface area contributed by atoms with Gasteiger partial charge < -0.3 is 9.52 Å². The van der Waals surface area contributed by atoms with E-state index in [0.29, 0.717) is 4.67 Å². The summed E-state index contributed by atoms with van der Waals surface area (Å²) in [6.07, 6.45) is 12.4. The zero-order chi connectivity index (χ0) is 13.2. The molecule has 1 heterocycles. The molecule has 2 nitrogen and oxygen atoms in total. The highest BCUT2D eigenvalue weighted by Gasteiger charge is 2.12. The topological polar surface area (TPSA) is 33.4 Å². The van der Waals surface area contributed by atoms with Crippen molar-refractivity contribution in [1.82, 2.24) is 0 Å². The summed E-state index contributed by atoms with van der Waals surface area (Å²) in [5.41, 5.74) is 0.873. The quantitative estimate of drug-likeness (QED) is 0.569. The summed E-state index contributed by atoms with van der Waals surface area (Å²) in [6, 6.07) is 1.83. The summed E-state index contributed by atoms with van der Waals surface area (Å²) < 4.78 is 5.79. The highest BCUT2D eigenvalue weighted by molar-refractivity contribution is 9.10. The Morgan fingerprint density at radius 1 is 1.11 bits per heavy atom. The summed E-state index contributed by atoms with van der Waals surface area (Å²) in [4.78, 5) is 0. The molecule has 104 valence electrons. The van der Waals surface area contributed by atoms with Crippen LogP contribution in [0.1, 0.15) is 76.4 Å². The maximum absolute atomic E-state index is 9.97. The van der Waals surface area contributed by atoms with Crippen molar-refractivity contribution in [2.45, 2.75) is 70.8 Å². The summed E-state index contributed by atoms with van der Waals surface area (Å²) in [5.74, 6) is 0. The molecule has 0 aromatic carbocycles. The molecular weight excluding hydrogens is 292 g/mol. The normalized spacial score (nSPS) is 12.8. The van der Waals surface area contributed by atoms with Crippen LogP contribution in [0.15, 0.2) is 21.4 Å². The predicted octanol–water partition coefficient (Wildman–Crippen LogP) is 5.61. The van der Waals surface area contributed by atoms with E-state index in [2.05, 4.69) is 22.9 Å². The van der Waals surface area contributed by atoms with Crippen LogP contribution in [0.25, 0.3) is 0 Å². The van der Waals surface area contributed by atoms with Gasteiger partial charge in [-0.15, -0.1) is 0 Å². The van der Waals surface area contributed by atoms with Crippen LogP contribution in [0.4, 0.5) is 0 Å². The lowest BCUT2D eigenvalue weighted by Gasteiger charge is -2.08. The summed E-state index contributed by atoms with van der Waals surface area (Å²) in [6.45, 7) is 2.25. The molecule has 0 saturated carbocycles. The first-order valence-electron chi connectivity index (χ1n) is 7.16. The van der Waals surface area contributed by atoms with E-state index in [-0.39, 0.29) is 0 Å². The Kier molecular flexibility index (Phi) is 8.44. The third kappa shape index (κ3) is 6.05. The molecule has 0 fully saturated rings. The Balaban J connectivity index is 1.99. The van der Waals surface area contributed by atoms with Crippen molar-refractivity contribution >= 4 is 15.9 Å². The molecule has 1 rings (SSSR count). The number of hydrogen-bond acceptors (Lipinski definition) is 2. The average Bonchev–Trinajstić information content (AvgIpc) is 2.79. The number of aliphatic hydroxyl groups is 1. The lowest BCUT2D eigenvalue weighted by atomic mass is 10.0. The number of aliphatic hydroxyl groups excluding tert-OH is 1. The van der Waals surface area contributed by atoms with Crippen LogP contribution in [0.2, 0.25) is 0 Å². The molecule has 1 aromatic heterocycles. The number of unbranched alkanes of at least 4 members (excludes halogenated alkanes) is 7. The number of rotatable bonds is 10. The minimum absolute atomic E-state index is 0.391. The van der Waals surface area contributed by atoms with E-state index < -0.39 is 6.10 Å². The van der Waals surface area contributed by atoms with E-state index in [4.69, 9.17) is 4.42 Å². The fraction of sp³-hybridized carbons (Fsp3) is 0.733. The van der Waals surface area contributed by atoms with Crippen LogP contribution in [-0.4, -0.2) is 5.11 Å². The second-order valence-electron chi connectivity index (χ2n) is 4.93. The number of halogens is 1. The monoisotopic (exact) mass is 316 g/mol. The molecule has 0 aliphatic rings. The second kappa shape index (κ2) is 9.62. The van der Waals surface area contributed by atoms with Crippen molar-refractivity contribution in [2.24, 2.45) is 0 Å². The molecule has 0 amide bonds. The van der Waals surface area contributed by atoms with E-state index >= 15 is 0 Å². The Morgan fingerprint density at radius 3 is 2.28 bits per heavy atom.